The van der Waals surface area contributed by atoms with Crippen molar-refractivity contribution in [3.05, 3.63) is 29.8 Å². The molecule has 21 heavy (non-hydrogen) atoms. The van der Waals surface area contributed by atoms with E-state index in [9.17, 15) is 4.79 Å². The van der Waals surface area contributed by atoms with Crippen LogP contribution >= 0.6 is 0 Å². The summed E-state index contributed by atoms with van der Waals surface area (Å²) in [4.78, 5) is 12.6. The minimum Gasteiger partial charge on any atom is -0.496 e. The third-order valence-corrected chi connectivity index (χ3v) is 4.99. The molecule has 2 fully saturated rings. The molecule has 1 aliphatic heterocycles. The summed E-state index contributed by atoms with van der Waals surface area (Å²) in [6, 6.07) is 7.79. The molecular formula is C17H24N2O2. The minimum atomic E-state index is -0.0455. The normalized spacial score (nSPS) is 29.0. The highest BCUT2D eigenvalue weighted by Crippen LogP contribution is 2.38. The van der Waals surface area contributed by atoms with Crippen LogP contribution in [0.5, 0.6) is 5.75 Å². The molecule has 1 aliphatic carbocycles. The van der Waals surface area contributed by atoms with E-state index in [1.54, 1.807) is 7.11 Å². The van der Waals surface area contributed by atoms with E-state index in [2.05, 4.69) is 10.6 Å². The van der Waals surface area contributed by atoms with E-state index in [-0.39, 0.29) is 18.0 Å². The fraction of sp³-hybridized carbons (Fsp3) is 0.588. The van der Waals surface area contributed by atoms with Gasteiger partial charge in [0.05, 0.1) is 19.2 Å². The van der Waals surface area contributed by atoms with Gasteiger partial charge in [0.1, 0.15) is 5.75 Å². The Balaban J connectivity index is 1.67. The Morgan fingerprint density at radius 2 is 2.19 bits per heavy atom. The largest absolute Gasteiger partial charge is 0.496 e. The van der Waals surface area contributed by atoms with Crippen molar-refractivity contribution >= 4 is 5.91 Å². The SMILES string of the molecule is COc1ccccc1[C@H](C)NC(=O)C1NCC2CCCC21. The van der Waals surface area contributed by atoms with E-state index >= 15 is 0 Å². The third kappa shape index (κ3) is 2.77. The lowest BCUT2D eigenvalue weighted by molar-refractivity contribution is -0.124. The zero-order chi connectivity index (χ0) is 14.8. The summed E-state index contributed by atoms with van der Waals surface area (Å²) in [5.74, 6) is 2.17. The van der Waals surface area contributed by atoms with Gasteiger partial charge in [-0.3, -0.25) is 4.79 Å². The molecule has 4 nitrogen and oxygen atoms in total. The van der Waals surface area contributed by atoms with E-state index in [1.165, 1.54) is 19.3 Å². The smallest absolute Gasteiger partial charge is 0.237 e. The van der Waals surface area contributed by atoms with Gasteiger partial charge in [-0.25, -0.2) is 0 Å². The number of hydrogen-bond donors (Lipinski definition) is 2. The monoisotopic (exact) mass is 288 g/mol. The highest BCUT2D eigenvalue weighted by molar-refractivity contribution is 5.83. The minimum absolute atomic E-state index is 0.0188. The van der Waals surface area contributed by atoms with Gasteiger partial charge in [0, 0.05) is 5.56 Å². The van der Waals surface area contributed by atoms with Crippen molar-refractivity contribution < 1.29 is 9.53 Å². The molecule has 1 aromatic carbocycles. The summed E-state index contributed by atoms with van der Waals surface area (Å²) >= 11 is 0. The van der Waals surface area contributed by atoms with Crippen LogP contribution in [-0.4, -0.2) is 25.6 Å². The van der Waals surface area contributed by atoms with Crippen LogP contribution in [0.1, 0.15) is 37.8 Å². The Hall–Kier alpha value is -1.55. The molecule has 1 amide bonds. The first-order valence-electron chi connectivity index (χ1n) is 7.87. The fourth-order valence-electron chi connectivity index (χ4n) is 3.88. The lowest BCUT2D eigenvalue weighted by atomic mass is 9.93. The highest BCUT2D eigenvalue weighted by atomic mass is 16.5. The summed E-state index contributed by atoms with van der Waals surface area (Å²) in [7, 11) is 1.66. The van der Waals surface area contributed by atoms with E-state index in [4.69, 9.17) is 4.74 Å². The number of rotatable bonds is 4. The first-order valence-corrected chi connectivity index (χ1v) is 7.87. The second kappa shape index (κ2) is 6.06. The van der Waals surface area contributed by atoms with E-state index in [1.807, 2.05) is 31.2 Å². The van der Waals surface area contributed by atoms with Crippen LogP contribution in [0.3, 0.4) is 0 Å². The molecule has 1 heterocycles. The Morgan fingerprint density at radius 3 is 3.00 bits per heavy atom. The Kier molecular flexibility index (Phi) is 4.15. The van der Waals surface area contributed by atoms with Crippen molar-refractivity contribution in [1.29, 1.82) is 0 Å². The maximum Gasteiger partial charge on any atom is 0.237 e. The van der Waals surface area contributed by atoms with Gasteiger partial charge < -0.3 is 15.4 Å². The molecule has 1 aromatic rings. The Morgan fingerprint density at radius 1 is 1.38 bits per heavy atom. The number of nitrogens with one attached hydrogen (secondary N) is 2. The van der Waals surface area contributed by atoms with Gasteiger partial charge in [0.25, 0.3) is 0 Å². The molecule has 3 rings (SSSR count). The molecule has 4 atom stereocenters. The van der Waals surface area contributed by atoms with Crippen LogP contribution < -0.4 is 15.4 Å². The summed E-state index contributed by atoms with van der Waals surface area (Å²) in [5, 5.41) is 6.54. The topological polar surface area (TPSA) is 50.4 Å². The zero-order valence-corrected chi connectivity index (χ0v) is 12.8. The molecule has 1 saturated heterocycles. The second-order valence-electron chi connectivity index (χ2n) is 6.21. The molecule has 0 bridgehead atoms. The third-order valence-electron chi connectivity index (χ3n) is 4.99. The number of ether oxygens (including phenoxy) is 1. The molecule has 4 heteroatoms. The molecule has 3 unspecified atom stereocenters. The number of hydrogen-bond acceptors (Lipinski definition) is 3. The number of fused-ring (bicyclic) bond motifs is 1. The number of para-hydroxylation sites is 1. The highest BCUT2D eigenvalue weighted by Gasteiger charge is 2.42. The quantitative estimate of drug-likeness (QED) is 0.893. The molecule has 0 radical (unpaired) electrons. The Bertz CT molecular complexity index is 517. The van der Waals surface area contributed by atoms with Gasteiger partial charge in [-0.1, -0.05) is 24.6 Å². The average Bonchev–Trinajstić information content (AvgIpc) is 3.09. The van der Waals surface area contributed by atoms with Crippen molar-refractivity contribution in [2.24, 2.45) is 11.8 Å². The lowest BCUT2D eigenvalue weighted by Crippen LogP contribution is -2.44. The molecule has 114 valence electrons. The van der Waals surface area contributed by atoms with Gasteiger partial charge in [-0.2, -0.15) is 0 Å². The predicted octanol–water partition coefficient (Wildman–Crippen LogP) is 2.26. The van der Waals surface area contributed by atoms with E-state index < -0.39 is 0 Å². The fourth-order valence-corrected chi connectivity index (χ4v) is 3.88. The Labute approximate surface area is 126 Å². The number of benzene rings is 1. The summed E-state index contributed by atoms with van der Waals surface area (Å²) in [5.41, 5.74) is 1.02. The van der Waals surface area contributed by atoms with Crippen LogP contribution in [-0.2, 0) is 4.79 Å². The van der Waals surface area contributed by atoms with Gasteiger partial charge in [0.15, 0.2) is 0 Å². The summed E-state index contributed by atoms with van der Waals surface area (Å²) in [6.45, 7) is 3.00. The zero-order valence-electron chi connectivity index (χ0n) is 12.8. The molecule has 0 aromatic heterocycles. The van der Waals surface area contributed by atoms with Crippen molar-refractivity contribution in [3.63, 3.8) is 0 Å². The van der Waals surface area contributed by atoms with Crippen LogP contribution in [0.25, 0.3) is 0 Å². The number of amides is 1. The molecule has 1 saturated carbocycles. The molecule has 0 spiro atoms. The molecule has 2 aliphatic rings. The van der Waals surface area contributed by atoms with Gasteiger partial charge in [-0.15, -0.1) is 0 Å². The van der Waals surface area contributed by atoms with Crippen molar-refractivity contribution in [1.82, 2.24) is 10.6 Å². The molecular weight excluding hydrogens is 264 g/mol. The van der Waals surface area contributed by atoms with Crippen molar-refractivity contribution in [2.75, 3.05) is 13.7 Å². The van der Waals surface area contributed by atoms with Crippen molar-refractivity contribution in [3.8, 4) is 5.75 Å². The summed E-state index contributed by atoms with van der Waals surface area (Å²) < 4.78 is 5.38. The van der Waals surface area contributed by atoms with Crippen LogP contribution in [0.2, 0.25) is 0 Å². The maximum atomic E-state index is 12.6. The van der Waals surface area contributed by atoms with Gasteiger partial charge >= 0.3 is 0 Å². The first-order chi connectivity index (χ1) is 10.2. The second-order valence-corrected chi connectivity index (χ2v) is 6.21. The van der Waals surface area contributed by atoms with Crippen LogP contribution in [0.15, 0.2) is 24.3 Å². The number of carbonyl (C=O) groups is 1. The lowest BCUT2D eigenvalue weighted by Gasteiger charge is -2.22. The average molecular weight is 288 g/mol. The summed E-state index contributed by atoms with van der Waals surface area (Å²) in [6.07, 6.45) is 3.71. The van der Waals surface area contributed by atoms with Gasteiger partial charge in [-0.05, 0) is 44.2 Å². The standard InChI is InChI=1S/C17H24N2O2/c1-11(13-7-3-4-9-15(13)21-2)19-17(20)16-14-8-5-6-12(14)10-18-16/h3-4,7,9,11-12,14,16,18H,5-6,8,10H2,1-2H3,(H,19,20)/t11-,12?,14?,16?/m0/s1. The van der Waals surface area contributed by atoms with E-state index in [0.29, 0.717) is 11.8 Å². The number of methoxy groups -OCH3 is 1. The van der Waals surface area contributed by atoms with Crippen LogP contribution in [0.4, 0.5) is 0 Å². The predicted molar refractivity (Wildman–Crippen MR) is 82.2 cm³/mol. The van der Waals surface area contributed by atoms with Gasteiger partial charge in [0.2, 0.25) is 5.91 Å². The first kappa shape index (κ1) is 14.4. The molecule has 2 N–H and O–H groups in total. The maximum absolute atomic E-state index is 12.6. The van der Waals surface area contributed by atoms with E-state index in [0.717, 1.165) is 17.9 Å². The van der Waals surface area contributed by atoms with Crippen LogP contribution in [0, 0.1) is 11.8 Å². The van der Waals surface area contributed by atoms with Crippen molar-refractivity contribution in [2.45, 2.75) is 38.3 Å². The number of carbonyl (C=O) groups excluding carboxylic acids is 1.